The van der Waals surface area contributed by atoms with Gasteiger partial charge in [-0.25, -0.2) is 4.79 Å². The fourth-order valence-electron chi connectivity index (χ4n) is 3.15. The van der Waals surface area contributed by atoms with Gasteiger partial charge in [0.2, 0.25) is 23.6 Å². The highest BCUT2D eigenvalue weighted by molar-refractivity contribution is 5.96. The molecule has 5 amide bonds. The Bertz CT molecular complexity index is 837. The second kappa shape index (κ2) is 17.3. The zero-order valence-electron chi connectivity index (χ0n) is 22.8. The van der Waals surface area contributed by atoms with Crippen LogP contribution >= 0.6 is 0 Å². The first kappa shape index (κ1) is 34.7. The summed E-state index contributed by atoms with van der Waals surface area (Å²) < 4.78 is 0. The van der Waals surface area contributed by atoms with Gasteiger partial charge in [-0.05, 0) is 46.0 Å². The summed E-state index contributed by atoms with van der Waals surface area (Å²) in [4.78, 5) is 73.6. The largest absolute Gasteiger partial charge is 0.480 e. The van der Waals surface area contributed by atoms with Gasteiger partial charge in [-0.3, -0.25) is 24.0 Å². The fraction of sp³-hybridized carbons (Fsp3) is 0.739. The lowest BCUT2D eigenvalue weighted by molar-refractivity contribution is -0.398. The van der Waals surface area contributed by atoms with Crippen LogP contribution < -0.4 is 38.1 Å². The second-order valence-electron chi connectivity index (χ2n) is 9.58. The van der Waals surface area contributed by atoms with Crippen molar-refractivity contribution in [2.75, 3.05) is 13.2 Å². The van der Waals surface area contributed by atoms with Crippen molar-refractivity contribution >= 4 is 35.5 Å². The fourth-order valence-corrected chi connectivity index (χ4v) is 3.15. The van der Waals surface area contributed by atoms with Crippen molar-refractivity contribution in [3.05, 3.63) is 0 Å². The highest BCUT2D eigenvalue weighted by Gasteiger charge is 2.32. The van der Waals surface area contributed by atoms with Crippen molar-refractivity contribution < 1.29 is 50.4 Å². The van der Waals surface area contributed by atoms with Crippen LogP contribution in [0.5, 0.6) is 0 Å². The first-order chi connectivity index (χ1) is 17.7. The number of nitrogens with one attached hydrogen (secondary N) is 5. The Kier molecular flexibility index (Phi) is 15.8. The van der Waals surface area contributed by atoms with E-state index < -0.39 is 84.3 Å². The lowest BCUT2D eigenvalue weighted by atomic mass is 10.0. The molecule has 0 fully saturated rings. The van der Waals surface area contributed by atoms with Crippen LogP contribution in [-0.2, 0) is 28.8 Å². The summed E-state index contributed by atoms with van der Waals surface area (Å²) >= 11 is 0. The van der Waals surface area contributed by atoms with Crippen LogP contribution in [0.15, 0.2) is 0 Å². The molecule has 15 nitrogen and oxygen atoms in total. The quantitative estimate of drug-likeness (QED) is 0.0796. The monoisotopic (exact) mass is 547 g/mol. The SMILES string of the molecule is CC(C)[C@H](NC(=O)[C@H](CO)NC(=O)[C@H](C)NC(=O)[C@H](C)NC(=O)[C@H](C)[NH3+])C(=O)N[C@@H](CCCC[NH3+])C(=O)O. The van der Waals surface area contributed by atoms with E-state index in [1.165, 1.54) is 13.8 Å². The van der Waals surface area contributed by atoms with Crippen molar-refractivity contribution in [2.45, 2.75) is 90.1 Å². The summed E-state index contributed by atoms with van der Waals surface area (Å²) in [6, 6.07) is -6.39. The summed E-state index contributed by atoms with van der Waals surface area (Å²) in [5.74, 6) is -5.13. The average molecular weight is 548 g/mol. The van der Waals surface area contributed by atoms with Crippen LogP contribution in [0.3, 0.4) is 0 Å². The molecule has 0 aliphatic rings. The van der Waals surface area contributed by atoms with E-state index in [1.54, 1.807) is 20.8 Å². The smallest absolute Gasteiger partial charge is 0.326 e. The first-order valence-corrected chi connectivity index (χ1v) is 12.6. The molecule has 0 unspecified atom stereocenters. The number of quaternary nitrogens is 2. The number of carbonyl (C=O) groups is 6. The molecule has 0 aliphatic carbocycles. The van der Waals surface area contributed by atoms with Gasteiger partial charge < -0.3 is 48.3 Å². The lowest BCUT2D eigenvalue weighted by Crippen LogP contribution is -2.67. The number of carboxylic acid groups (broad SMARTS) is 1. The summed E-state index contributed by atoms with van der Waals surface area (Å²) in [6.45, 7) is 7.44. The van der Waals surface area contributed by atoms with Crippen LogP contribution in [0.4, 0.5) is 0 Å². The number of aliphatic hydroxyl groups excluding tert-OH is 1. The number of unbranched alkanes of at least 4 members (excludes halogenated alkanes) is 1. The molecule has 0 aliphatic heterocycles. The zero-order valence-corrected chi connectivity index (χ0v) is 22.8. The lowest BCUT2D eigenvalue weighted by Gasteiger charge is -2.26. The number of carbonyl (C=O) groups excluding carboxylic acids is 5. The second-order valence-corrected chi connectivity index (χ2v) is 9.58. The Balaban J connectivity index is 5.17. The first-order valence-electron chi connectivity index (χ1n) is 12.6. The molecular weight excluding hydrogens is 502 g/mol. The Labute approximate surface area is 222 Å². The number of amides is 5. The summed E-state index contributed by atoms with van der Waals surface area (Å²) in [5, 5.41) is 31.1. The standard InChI is InChI=1S/C23H43N7O8/c1-11(2)17(22(36)28-15(23(37)38)8-6-7-9-24)30-21(35)16(10-31)29-20(34)14(5)27-19(33)13(4)26-18(32)12(3)25/h11-17,31H,6-10,24-25H2,1-5H3,(H,26,32)(H,27,33)(H,28,36)(H,29,34)(H,30,35)(H,37,38)/p+2/t12-,13-,14-,15-,16-,17-/m0/s1. The Morgan fingerprint density at radius 2 is 1.18 bits per heavy atom. The number of rotatable bonds is 17. The number of carboxylic acids is 1. The molecule has 0 aromatic heterocycles. The maximum atomic E-state index is 12.8. The zero-order chi connectivity index (χ0) is 29.6. The summed E-state index contributed by atoms with van der Waals surface area (Å²) in [5.41, 5.74) is 7.25. The third-order valence-corrected chi connectivity index (χ3v) is 5.62. The average Bonchev–Trinajstić information content (AvgIpc) is 2.83. The molecule has 0 spiro atoms. The van der Waals surface area contributed by atoms with Gasteiger partial charge >= 0.3 is 5.97 Å². The van der Waals surface area contributed by atoms with E-state index >= 15 is 0 Å². The molecule has 0 bridgehead atoms. The van der Waals surface area contributed by atoms with Crippen LogP contribution in [0.2, 0.25) is 0 Å². The number of aliphatic hydroxyl groups is 1. The van der Waals surface area contributed by atoms with Gasteiger partial charge in [0, 0.05) is 0 Å². The van der Waals surface area contributed by atoms with Crippen molar-refractivity contribution in [2.24, 2.45) is 5.92 Å². The number of hydrogen-bond donors (Lipinski definition) is 9. The van der Waals surface area contributed by atoms with Gasteiger partial charge in [0.15, 0.2) is 6.04 Å². The predicted octanol–water partition coefficient (Wildman–Crippen LogP) is -4.77. The topological polar surface area (TPSA) is 258 Å². The maximum Gasteiger partial charge on any atom is 0.326 e. The minimum absolute atomic E-state index is 0.199. The Hall–Kier alpha value is -3.30. The van der Waals surface area contributed by atoms with Crippen molar-refractivity contribution in [3.63, 3.8) is 0 Å². The van der Waals surface area contributed by atoms with E-state index in [9.17, 15) is 39.0 Å². The molecule has 0 radical (unpaired) electrons. The van der Waals surface area contributed by atoms with Crippen LogP contribution in [0.25, 0.3) is 0 Å². The van der Waals surface area contributed by atoms with Gasteiger partial charge in [0.05, 0.1) is 13.2 Å². The van der Waals surface area contributed by atoms with E-state index in [1.807, 2.05) is 0 Å². The number of hydrogen-bond acceptors (Lipinski definition) is 7. The van der Waals surface area contributed by atoms with E-state index in [0.717, 1.165) is 0 Å². The highest BCUT2D eigenvalue weighted by Crippen LogP contribution is 2.06. The maximum absolute atomic E-state index is 12.8. The third kappa shape index (κ3) is 12.3. The van der Waals surface area contributed by atoms with Gasteiger partial charge in [0.25, 0.3) is 5.91 Å². The van der Waals surface area contributed by atoms with Crippen molar-refractivity contribution in [3.8, 4) is 0 Å². The number of aliphatic carboxylic acids is 1. The molecule has 13 N–H and O–H groups in total. The van der Waals surface area contributed by atoms with Crippen molar-refractivity contribution in [1.29, 1.82) is 0 Å². The molecule has 0 saturated heterocycles. The molecule has 218 valence electrons. The molecule has 38 heavy (non-hydrogen) atoms. The normalized spacial score (nSPS) is 15.7. The van der Waals surface area contributed by atoms with E-state index in [2.05, 4.69) is 38.1 Å². The molecule has 0 aromatic rings. The summed E-state index contributed by atoms with van der Waals surface area (Å²) in [7, 11) is 0. The molecule has 15 heteroatoms. The van der Waals surface area contributed by atoms with Gasteiger partial charge in [0.1, 0.15) is 30.2 Å². The van der Waals surface area contributed by atoms with E-state index in [4.69, 9.17) is 0 Å². The molecule has 0 saturated carbocycles. The predicted molar refractivity (Wildman–Crippen MR) is 135 cm³/mol. The van der Waals surface area contributed by atoms with Crippen LogP contribution in [0.1, 0.15) is 53.9 Å². The van der Waals surface area contributed by atoms with E-state index in [0.29, 0.717) is 19.4 Å². The minimum atomic E-state index is -1.45. The molecular formula is C23H45N7O8+2. The van der Waals surface area contributed by atoms with Gasteiger partial charge in [-0.2, -0.15) is 0 Å². The third-order valence-electron chi connectivity index (χ3n) is 5.62. The Morgan fingerprint density at radius 3 is 1.63 bits per heavy atom. The molecule has 0 heterocycles. The van der Waals surface area contributed by atoms with E-state index in [-0.39, 0.29) is 6.42 Å². The molecule has 6 atom stereocenters. The van der Waals surface area contributed by atoms with Gasteiger partial charge in [-0.15, -0.1) is 0 Å². The molecule has 0 aromatic carbocycles. The minimum Gasteiger partial charge on any atom is -0.480 e. The highest BCUT2D eigenvalue weighted by atomic mass is 16.4. The van der Waals surface area contributed by atoms with Crippen LogP contribution in [0, 0.1) is 5.92 Å². The summed E-state index contributed by atoms with van der Waals surface area (Å²) in [6.07, 6.45) is 1.45. The molecule has 0 rings (SSSR count). The Morgan fingerprint density at radius 1 is 0.684 bits per heavy atom. The van der Waals surface area contributed by atoms with Crippen molar-refractivity contribution in [1.82, 2.24) is 26.6 Å². The van der Waals surface area contributed by atoms with Crippen LogP contribution in [-0.4, -0.2) is 95.1 Å². The van der Waals surface area contributed by atoms with Gasteiger partial charge in [-0.1, -0.05) is 13.8 Å².